The number of halogens is 1. The first-order valence-corrected chi connectivity index (χ1v) is 5.04. The minimum Gasteiger partial charge on any atom is -0.268 e. The van der Waals surface area contributed by atoms with E-state index < -0.39 is 5.60 Å². The first kappa shape index (κ1) is 12.6. The fourth-order valence-corrected chi connectivity index (χ4v) is 1.04. The lowest BCUT2D eigenvalue weighted by Gasteiger charge is -2.18. The third-order valence-corrected chi connectivity index (χ3v) is 1.87. The molecule has 4 heteroatoms. The van der Waals surface area contributed by atoms with E-state index in [1.807, 2.05) is 20.8 Å². The van der Waals surface area contributed by atoms with Gasteiger partial charge < -0.3 is 0 Å². The minimum atomic E-state index is -0.454. The molecule has 0 saturated carbocycles. The lowest BCUT2D eigenvalue weighted by atomic mass is 10.1. The van der Waals surface area contributed by atoms with Crippen LogP contribution in [0.25, 0.3) is 0 Å². The Morgan fingerprint density at radius 2 is 2.00 bits per heavy atom. The van der Waals surface area contributed by atoms with E-state index in [4.69, 9.17) is 4.84 Å². The molecule has 0 saturated heterocycles. The summed E-state index contributed by atoms with van der Waals surface area (Å²) in [4.78, 5) is 16.7. The number of amides is 1. The van der Waals surface area contributed by atoms with Crippen LogP contribution in [0.4, 0.5) is 4.39 Å². The number of hydrogen-bond acceptors (Lipinski definition) is 2. The average Bonchev–Trinajstić information content (AvgIpc) is 2.17. The van der Waals surface area contributed by atoms with Crippen molar-refractivity contribution >= 4 is 5.91 Å². The topological polar surface area (TPSA) is 38.3 Å². The number of carbonyl (C=O) groups is 1. The lowest BCUT2D eigenvalue weighted by Crippen LogP contribution is -2.33. The van der Waals surface area contributed by atoms with Crippen LogP contribution in [0.2, 0.25) is 0 Å². The van der Waals surface area contributed by atoms with Gasteiger partial charge in [-0.25, -0.2) is 9.87 Å². The highest BCUT2D eigenvalue weighted by Gasteiger charge is 2.14. The lowest BCUT2D eigenvalue weighted by molar-refractivity contribution is -0.0589. The van der Waals surface area contributed by atoms with Crippen molar-refractivity contribution in [3.8, 4) is 0 Å². The zero-order chi connectivity index (χ0) is 12.3. The number of rotatable bonds is 2. The van der Waals surface area contributed by atoms with E-state index in [2.05, 4.69) is 5.48 Å². The maximum absolute atomic E-state index is 13.0. The summed E-state index contributed by atoms with van der Waals surface area (Å²) in [6.45, 7) is 7.08. The van der Waals surface area contributed by atoms with Gasteiger partial charge in [0.2, 0.25) is 0 Å². The van der Waals surface area contributed by atoms with Crippen molar-refractivity contribution in [2.75, 3.05) is 0 Å². The van der Waals surface area contributed by atoms with Gasteiger partial charge >= 0.3 is 0 Å². The third-order valence-electron chi connectivity index (χ3n) is 1.87. The quantitative estimate of drug-likeness (QED) is 0.786. The molecule has 0 radical (unpaired) electrons. The fourth-order valence-electron chi connectivity index (χ4n) is 1.04. The summed E-state index contributed by atoms with van der Waals surface area (Å²) in [5, 5.41) is 0. The molecular weight excluding hydrogens is 209 g/mol. The van der Waals surface area contributed by atoms with E-state index in [1.54, 1.807) is 6.92 Å². The Bertz CT molecular complexity index is 396. The van der Waals surface area contributed by atoms with Crippen molar-refractivity contribution in [2.24, 2.45) is 0 Å². The van der Waals surface area contributed by atoms with Crippen LogP contribution in [-0.4, -0.2) is 11.5 Å². The zero-order valence-corrected chi connectivity index (χ0v) is 9.93. The number of benzene rings is 1. The van der Waals surface area contributed by atoms with Crippen LogP contribution in [0.15, 0.2) is 18.2 Å². The molecule has 0 heterocycles. The highest BCUT2D eigenvalue weighted by molar-refractivity contribution is 5.93. The molecule has 0 fully saturated rings. The Morgan fingerprint density at radius 1 is 1.38 bits per heavy atom. The van der Waals surface area contributed by atoms with Gasteiger partial charge in [0.15, 0.2) is 0 Å². The summed E-state index contributed by atoms with van der Waals surface area (Å²) in [5.41, 5.74) is 2.68. The van der Waals surface area contributed by atoms with Gasteiger partial charge in [-0.15, -0.1) is 0 Å². The SMILES string of the molecule is Cc1cc(C(=O)NOC(C)(C)C)ccc1F. The summed E-state index contributed by atoms with van der Waals surface area (Å²) in [6.07, 6.45) is 0. The average molecular weight is 225 g/mol. The third kappa shape index (κ3) is 3.62. The molecule has 0 spiro atoms. The maximum Gasteiger partial charge on any atom is 0.274 e. The van der Waals surface area contributed by atoms with Gasteiger partial charge in [0, 0.05) is 5.56 Å². The van der Waals surface area contributed by atoms with Crippen molar-refractivity contribution in [2.45, 2.75) is 33.3 Å². The normalized spacial score (nSPS) is 11.3. The van der Waals surface area contributed by atoms with E-state index in [-0.39, 0.29) is 11.7 Å². The summed E-state index contributed by atoms with van der Waals surface area (Å²) in [6, 6.07) is 4.17. The van der Waals surface area contributed by atoms with Crippen molar-refractivity contribution in [1.29, 1.82) is 0 Å². The largest absolute Gasteiger partial charge is 0.274 e. The van der Waals surface area contributed by atoms with Crippen molar-refractivity contribution in [1.82, 2.24) is 5.48 Å². The Kier molecular flexibility index (Phi) is 3.65. The Balaban J connectivity index is 2.70. The molecule has 1 rings (SSSR count). The van der Waals surface area contributed by atoms with Crippen LogP contribution in [0.5, 0.6) is 0 Å². The smallest absolute Gasteiger partial charge is 0.268 e. The first-order valence-electron chi connectivity index (χ1n) is 5.04. The molecule has 1 aromatic rings. The van der Waals surface area contributed by atoms with Crippen LogP contribution < -0.4 is 5.48 Å². The monoisotopic (exact) mass is 225 g/mol. The molecule has 0 unspecified atom stereocenters. The van der Waals surface area contributed by atoms with Gasteiger partial charge in [0.1, 0.15) is 5.82 Å². The van der Waals surface area contributed by atoms with E-state index in [1.165, 1.54) is 18.2 Å². The second kappa shape index (κ2) is 4.61. The van der Waals surface area contributed by atoms with E-state index in [9.17, 15) is 9.18 Å². The molecule has 1 amide bonds. The summed E-state index contributed by atoms with van der Waals surface area (Å²) >= 11 is 0. The predicted molar refractivity (Wildman–Crippen MR) is 59.4 cm³/mol. The Labute approximate surface area is 94.6 Å². The molecule has 0 aliphatic heterocycles. The summed E-state index contributed by atoms with van der Waals surface area (Å²) in [5.74, 6) is -0.702. The molecule has 3 nitrogen and oxygen atoms in total. The molecular formula is C12H16FNO2. The highest BCUT2D eigenvalue weighted by Crippen LogP contribution is 2.10. The maximum atomic E-state index is 13.0. The van der Waals surface area contributed by atoms with E-state index in [0.717, 1.165) is 0 Å². The van der Waals surface area contributed by atoms with Gasteiger partial charge in [0.25, 0.3) is 5.91 Å². The first-order chi connectivity index (χ1) is 7.29. The molecule has 88 valence electrons. The summed E-state index contributed by atoms with van der Waals surface area (Å²) in [7, 11) is 0. The standard InChI is InChI=1S/C12H16FNO2/c1-8-7-9(5-6-10(8)13)11(15)14-16-12(2,3)4/h5-7H,1-4H3,(H,14,15). The molecule has 0 atom stereocenters. The molecule has 0 aliphatic rings. The molecule has 1 aromatic carbocycles. The van der Waals surface area contributed by atoms with Crippen LogP contribution >= 0.6 is 0 Å². The molecule has 0 bridgehead atoms. The van der Waals surface area contributed by atoms with Crippen molar-refractivity contribution < 1.29 is 14.0 Å². The van der Waals surface area contributed by atoms with E-state index in [0.29, 0.717) is 11.1 Å². The highest BCUT2D eigenvalue weighted by atomic mass is 19.1. The zero-order valence-electron chi connectivity index (χ0n) is 9.93. The van der Waals surface area contributed by atoms with Crippen LogP contribution in [0.3, 0.4) is 0 Å². The van der Waals surface area contributed by atoms with Gasteiger partial charge in [-0.2, -0.15) is 0 Å². The number of hydroxylamine groups is 1. The predicted octanol–water partition coefficient (Wildman–Crippen LogP) is 2.59. The van der Waals surface area contributed by atoms with Gasteiger partial charge in [-0.1, -0.05) is 0 Å². The van der Waals surface area contributed by atoms with Crippen molar-refractivity contribution in [3.05, 3.63) is 35.1 Å². The fraction of sp³-hybridized carbons (Fsp3) is 0.417. The molecule has 0 aliphatic carbocycles. The van der Waals surface area contributed by atoms with Crippen LogP contribution in [0, 0.1) is 12.7 Å². The number of aryl methyl sites for hydroxylation is 1. The van der Waals surface area contributed by atoms with Crippen LogP contribution in [0.1, 0.15) is 36.7 Å². The van der Waals surface area contributed by atoms with Gasteiger partial charge in [-0.3, -0.25) is 9.63 Å². The Hall–Kier alpha value is -1.42. The van der Waals surface area contributed by atoms with Crippen LogP contribution in [-0.2, 0) is 4.84 Å². The number of carbonyl (C=O) groups excluding carboxylic acids is 1. The second-order valence-corrected chi connectivity index (χ2v) is 4.61. The molecule has 0 aromatic heterocycles. The van der Waals surface area contributed by atoms with Crippen molar-refractivity contribution in [3.63, 3.8) is 0 Å². The summed E-state index contributed by atoms with van der Waals surface area (Å²) < 4.78 is 13.0. The van der Waals surface area contributed by atoms with Gasteiger partial charge in [-0.05, 0) is 51.5 Å². The van der Waals surface area contributed by atoms with Gasteiger partial charge in [0.05, 0.1) is 5.60 Å². The molecule has 1 N–H and O–H groups in total. The Morgan fingerprint density at radius 3 is 2.50 bits per heavy atom. The number of nitrogens with one attached hydrogen (secondary N) is 1. The van der Waals surface area contributed by atoms with E-state index >= 15 is 0 Å². The molecule has 16 heavy (non-hydrogen) atoms. The number of hydrogen-bond donors (Lipinski definition) is 1. The second-order valence-electron chi connectivity index (χ2n) is 4.61. The minimum absolute atomic E-state index is 0.326.